The van der Waals surface area contributed by atoms with Crippen molar-refractivity contribution < 1.29 is 19.1 Å². The Morgan fingerprint density at radius 1 is 0.857 bits per heavy atom. The number of esters is 2. The highest BCUT2D eigenvalue weighted by Crippen LogP contribution is 2.25. The summed E-state index contributed by atoms with van der Waals surface area (Å²) in [6.45, 7) is 4.55. The van der Waals surface area contributed by atoms with Crippen LogP contribution in [0.3, 0.4) is 0 Å². The number of benzene rings is 1. The first-order chi connectivity index (χ1) is 13.5. The van der Waals surface area contributed by atoms with Crippen LogP contribution in [-0.4, -0.2) is 18.5 Å². The van der Waals surface area contributed by atoms with Gasteiger partial charge in [0.05, 0.1) is 24.5 Å². The molecule has 0 bridgehead atoms. The summed E-state index contributed by atoms with van der Waals surface area (Å²) in [6.07, 6.45) is 12.4. The quantitative estimate of drug-likeness (QED) is 0.181. The fraction of sp³-hybridized carbons (Fsp3) is 0.652. The molecule has 158 valence electrons. The third-order valence-electron chi connectivity index (χ3n) is 4.60. The Morgan fingerprint density at radius 2 is 1.43 bits per heavy atom. The van der Waals surface area contributed by atoms with Crippen molar-refractivity contribution in [2.24, 2.45) is 0 Å². The van der Waals surface area contributed by atoms with E-state index < -0.39 is 5.97 Å². The summed E-state index contributed by atoms with van der Waals surface area (Å²) >= 11 is 5.99. The number of hydrogen-bond donors (Lipinski definition) is 0. The molecule has 5 heteroatoms. The zero-order chi connectivity index (χ0) is 20.6. The van der Waals surface area contributed by atoms with Gasteiger partial charge in [-0.2, -0.15) is 0 Å². The van der Waals surface area contributed by atoms with Crippen LogP contribution in [0.15, 0.2) is 18.2 Å². The predicted octanol–water partition coefficient (Wildman–Crippen LogP) is 6.80. The van der Waals surface area contributed by atoms with Gasteiger partial charge in [-0.25, -0.2) is 0 Å². The molecule has 0 aliphatic carbocycles. The van der Waals surface area contributed by atoms with Crippen LogP contribution in [0.2, 0.25) is 5.02 Å². The number of unbranched alkanes of at least 4 members (excludes halogenated alkanes) is 9. The molecule has 0 amide bonds. The number of carbonyl (C=O) groups is 2. The Bertz CT molecular complexity index is 586. The van der Waals surface area contributed by atoms with Gasteiger partial charge in [0.2, 0.25) is 0 Å². The zero-order valence-electron chi connectivity index (χ0n) is 17.4. The highest BCUT2D eigenvalue weighted by atomic mass is 35.5. The molecule has 0 atom stereocenters. The Labute approximate surface area is 174 Å². The topological polar surface area (TPSA) is 52.6 Å². The standard InChI is InChI=1S/C23H35ClO4/c1-3-4-5-6-7-8-9-10-11-12-17-27-22(25)15-16-23(26)28-21-18-19(2)13-14-20(21)24/h13-14,18H,3-12,15-17H2,1-2H3. The lowest BCUT2D eigenvalue weighted by Crippen LogP contribution is -2.13. The molecule has 0 saturated carbocycles. The van der Waals surface area contributed by atoms with Gasteiger partial charge in [-0.15, -0.1) is 0 Å². The maximum absolute atomic E-state index is 11.9. The molecule has 1 rings (SSSR count). The van der Waals surface area contributed by atoms with E-state index in [1.807, 2.05) is 13.0 Å². The second-order valence-electron chi connectivity index (χ2n) is 7.31. The van der Waals surface area contributed by atoms with Crippen LogP contribution in [0.4, 0.5) is 0 Å². The summed E-state index contributed by atoms with van der Waals surface area (Å²) < 4.78 is 10.4. The summed E-state index contributed by atoms with van der Waals surface area (Å²) in [7, 11) is 0. The van der Waals surface area contributed by atoms with Gasteiger partial charge in [0.15, 0.2) is 0 Å². The minimum absolute atomic E-state index is 0.0128. The van der Waals surface area contributed by atoms with Crippen molar-refractivity contribution >= 4 is 23.5 Å². The Morgan fingerprint density at radius 3 is 2.07 bits per heavy atom. The molecule has 0 aliphatic heterocycles. The SMILES string of the molecule is CCCCCCCCCCCCOC(=O)CCC(=O)Oc1cc(C)ccc1Cl. The van der Waals surface area contributed by atoms with Crippen LogP contribution < -0.4 is 4.74 Å². The second kappa shape index (κ2) is 15.4. The molecule has 28 heavy (non-hydrogen) atoms. The third kappa shape index (κ3) is 12.0. The normalized spacial score (nSPS) is 10.7. The van der Waals surface area contributed by atoms with E-state index >= 15 is 0 Å². The largest absolute Gasteiger partial charge is 0.466 e. The minimum Gasteiger partial charge on any atom is -0.466 e. The van der Waals surface area contributed by atoms with Crippen molar-refractivity contribution in [2.45, 2.75) is 90.9 Å². The van der Waals surface area contributed by atoms with Crippen LogP contribution in [0.1, 0.15) is 89.5 Å². The number of aryl methyl sites for hydroxylation is 1. The van der Waals surface area contributed by atoms with Crippen molar-refractivity contribution in [3.63, 3.8) is 0 Å². The van der Waals surface area contributed by atoms with E-state index in [4.69, 9.17) is 21.1 Å². The lowest BCUT2D eigenvalue weighted by Gasteiger charge is -2.07. The lowest BCUT2D eigenvalue weighted by atomic mass is 10.1. The molecule has 0 aromatic heterocycles. The summed E-state index contributed by atoms with van der Waals surface area (Å²) in [5, 5.41) is 0.377. The highest BCUT2D eigenvalue weighted by Gasteiger charge is 2.12. The van der Waals surface area contributed by atoms with Crippen molar-refractivity contribution in [2.75, 3.05) is 6.61 Å². The van der Waals surface area contributed by atoms with E-state index in [0.29, 0.717) is 17.4 Å². The number of rotatable bonds is 15. The molecular weight excluding hydrogens is 376 g/mol. The van der Waals surface area contributed by atoms with Crippen LogP contribution >= 0.6 is 11.6 Å². The van der Waals surface area contributed by atoms with E-state index in [0.717, 1.165) is 18.4 Å². The van der Waals surface area contributed by atoms with E-state index in [9.17, 15) is 9.59 Å². The van der Waals surface area contributed by atoms with Crippen molar-refractivity contribution in [1.82, 2.24) is 0 Å². The number of hydrogen-bond acceptors (Lipinski definition) is 4. The predicted molar refractivity (Wildman–Crippen MR) is 114 cm³/mol. The van der Waals surface area contributed by atoms with E-state index in [-0.39, 0.29) is 18.8 Å². The van der Waals surface area contributed by atoms with Gasteiger partial charge >= 0.3 is 11.9 Å². The van der Waals surface area contributed by atoms with Crippen molar-refractivity contribution in [1.29, 1.82) is 0 Å². The molecule has 0 fully saturated rings. The van der Waals surface area contributed by atoms with Gasteiger partial charge in [0, 0.05) is 0 Å². The average molecular weight is 411 g/mol. The van der Waals surface area contributed by atoms with Gasteiger partial charge in [-0.05, 0) is 31.0 Å². The molecule has 0 unspecified atom stereocenters. The molecular formula is C23H35ClO4. The van der Waals surface area contributed by atoms with Crippen molar-refractivity contribution in [3.05, 3.63) is 28.8 Å². The molecule has 0 heterocycles. The fourth-order valence-corrected chi connectivity index (χ4v) is 3.07. The molecule has 0 N–H and O–H groups in total. The smallest absolute Gasteiger partial charge is 0.311 e. The monoisotopic (exact) mass is 410 g/mol. The molecule has 0 radical (unpaired) electrons. The van der Waals surface area contributed by atoms with Gasteiger partial charge < -0.3 is 9.47 Å². The number of ether oxygens (including phenoxy) is 2. The minimum atomic E-state index is -0.483. The van der Waals surface area contributed by atoms with Crippen LogP contribution in [-0.2, 0) is 14.3 Å². The van der Waals surface area contributed by atoms with Gasteiger partial charge in [0.25, 0.3) is 0 Å². The Hall–Kier alpha value is -1.55. The summed E-state index contributed by atoms with van der Waals surface area (Å²) in [4.78, 5) is 23.6. The molecule has 0 saturated heterocycles. The number of carbonyl (C=O) groups excluding carboxylic acids is 2. The van der Waals surface area contributed by atoms with E-state index in [1.165, 1.54) is 51.4 Å². The van der Waals surface area contributed by atoms with Gasteiger partial charge in [0.1, 0.15) is 5.75 Å². The molecule has 0 aliphatic rings. The first-order valence-electron chi connectivity index (χ1n) is 10.7. The van der Waals surface area contributed by atoms with Crippen molar-refractivity contribution in [3.8, 4) is 5.75 Å². The third-order valence-corrected chi connectivity index (χ3v) is 4.92. The van der Waals surface area contributed by atoms with Crippen LogP contribution in [0, 0.1) is 6.92 Å². The first kappa shape index (κ1) is 24.5. The van der Waals surface area contributed by atoms with Gasteiger partial charge in [-0.3, -0.25) is 9.59 Å². The Kier molecular flexibility index (Phi) is 13.5. The molecule has 0 spiro atoms. The molecule has 1 aromatic rings. The summed E-state index contributed by atoms with van der Waals surface area (Å²) in [6, 6.07) is 5.22. The Balaban J connectivity index is 2.00. The first-order valence-corrected chi connectivity index (χ1v) is 11.0. The average Bonchev–Trinajstić information content (AvgIpc) is 2.67. The van der Waals surface area contributed by atoms with Crippen LogP contribution in [0.25, 0.3) is 0 Å². The zero-order valence-corrected chi connectivity index (χ0v) is 18.2. The van der Waals surface area contributed by atoms with Gasteiger partial charge in [-0.1, -0.05) is 82.4 Å². The number of halogens is 1. The van der Waals surface area contributed by atoms with Crippen LogP contribution in [0.5, 0.6) is 5.75 Å². The van der Waals surface area contributed by atoms with E-state index in [1.54, 1.807) is 12.1 Å². The molecule has 4 nitrogen and oxygen atoms in total. The lowest BCUT2D eigenvalue weighted by molar-refractivity contribution is -0.147. The second-order valence-corrected chi connectivity index (χ2v) is 7.72. The highest BCUT2D eigenvalue weighted by molar-refractivity contribution is 6.32. The maximum Gasteiger partial charge on any atom is 0.311 e. The summed E-state index contributed by atoms with van der Waals surface area (Å²) in [5.74, 6) is -0.517. The molecule has 1 aromatic carbocycles. The maximum atomic E-state index is 11.9. The fourth-order valence-electron chi connectivity index (χ4n) is 2.91. The van der Waals surface area contributed by atoms with E-state index in [2.05, 4.69) is 6.92 Å². The summed E-state index contributed by atoms with van der Waals surface area (Å²) in [5.41, 5.74) is 0.947.